The average molecular weight is 240 g/mol. The lowest BCUT2D eigenvalue weighted by Crippen LogP contribution is -2.33. The third kappa shape index (κ3) is 3.41. The Kier molecular flexibility index (Phi) is 4.87. The molecule has 17 heavy (non-hydrogen) atoms. The van der Waals surface area contributed by atoms with Crippen LogP contribution in [0.2, 0.25) is 0 Å². The second kappa shape index (κ2) is 6.18. The van der Waals surface area contributed by atoms with E-state index >= 15 is 0 Å². The Morgan fingerprint density at radius 3 is 2.59 bits per heavy atom. The first kappa shape index (κ1) is 13.4. The third-order valence-electron chi connectivity index (χ3n) is 2.45. The van der Waals surface area contributed by atoms with Gasteiger partial charge in [0.1, 0.15) is 0 Å². The number of Topliss-reactive ketones (excluding diaryl/α,β-unsaturated/α-hetero) is 1. The van der Waals surface area contributed by atoms with Gasteiger partial charge in [-0.05, 0) is 20.3 Å². The van der Waals surface area contributed by atoms with Gasteiger partial charge in [-0.1, -0.05) is 0 Å². The summed E-state index contributed by atoms with van der Waals surface area (Å²) in [5, 5.41) is 0. The Morgan fingerprint density at radius 2 is 2.06 bits per heavy atom. The number of hydrogen-bond donors (Lipinski definition) is 0. The van der Waals surface area contributed by atoms with Crippen molar-refractivity contribution in [1.82, 2.24) is 0 Å². The molecule has 0 fully saturated rings. The molecule has 0 radical (unpaired) electrons. The van der Waals surface area contributed by atoms with Gasteiger partial charge in [-0.15, -0.1) is 0 Å². The van der Waals surface area contributed by atoms with E-state index < -0.39 is 17.7 Å². The Morgan fingerprint density at radius 1 is 1.35 bits per heavy atom. The molecule has 1 aliphatic carbocycles. The van der Waals surface area contributed by atoms with Crippen LogP contribution in [0.1, 0.15) is 26.7 Å². The predicted molar refractivity (Wildman–Crippen MR) is 59.1 cm³/mol. The lowest BCUT2D eigenvalue weighted by molar-refractivity contribution is -0.156. The summed E-state index contributed by atoms with van der Waals surface area (Å²) in [5.74, 6) is -2.40. The van der Waals surface area contributed by atoms with E-state index in [9.17, 15) is 14.4 Å². The highest BCUT2D eigenvalue weighted by atomic mass is 16.5. The average Bonchev–Trinajstić information content (AvgIpc) is 2.29. The number of esters is 1. The zero-order chi connectivity index (χ0) is 12.8. The smallest absolute Gasteiger partial charge is 0.375 e. The second-order valence-electron chi connectivity index (χ2n) is 3.62. The molecule has 0 aromatic heterocycles. The van der Waals surface area contributed by atoms with Crippen molar-refractivity contribution >= 4 is 17.5 Å². The van der Waals surface area contributed by atoms with Gasteiger partial charge in [0.15, 0.2) is 5.78 Å². The molecular formula is C12H16O5. The number of carbonyl (C=O) groups excluding carboxylic acids is 3. The second-order valence-corrected chi connectivity index (χ2v) is 3.62. The van der Waals surface area contributed by atoms with Crippen molar-refractivity contribution in [3.05, 3.63) is 11.8 Å². The highest BCUT2D eigenvalue weighted by Crippen LogP contribution is 2.22. The maximum absolute atomic E-state index is 11.6. The fourth-order valence-corrected chi connectivity index (χ4v) is 1.66. The quantitative estimate of drug-likeness (QED) is 0.407. The first-order valence-corrected chi connectivity index (χ1v) is 5.68. The van der Waals surface area contributed by atoms with Crippen molar-refractivity contribution in [2.75, 3.05) is 13.2 Å². The summed E-state index contributed by atoms with van der Waals surface area (Å²) in [6.45, 7) is 4.04. The molecule has 0 amide bonds. The number of allylic oxidation sites excluding steroid dienone is 2. The molecule has 0 aliphatic heterocycles. The van der Waals surface area contributed by atoms with Crippen LogP contribution in [0.5, 0.6) is 0 Å². The first-order valence-electron chi connectivity index (χ1n) is 5.68. The van der Waals surface area contributed by atoms with Crippen LogP contribution in [0.25, 0.3) is 0 Å². The van der Waals surface area contributed by atoms with Crippen LogP contribution >= 0.6 is 0 Å². The topological polar surface area (TPSA) is 69.7 Å². The molecule has 0 aromatic rings. The van der Waals surface area contributed by atoms with Crippen molar-refractivity contribution in [1.29, 1.82) is 0 Å². The summed E-state index contributed by atoms with van der Waals surface area (Å²) in [4.78, 5) is 34.5. The lowest BCUT2D eigenvalue weighted by Gasteiger charge is -2.18. The van der Waals surface area contributed by atoms with Gasteiger partial charge in [0.2, 0.25) is 0 Å². The fourth-order valence-electron chi connectivity index (χ4n) is 1.66. The molecule has 0 saturated carbocycles. The molecule has 5 heteroatoms. The molecule has 0 spiro atoms. The molecule has 0 bridgehead atoms. The minimum atomic E-state index is -0.931. The van der Waals surface area contributed by atoms with Crippen molar-refractivity contribution < 1.29 is 23.9 Å². The molecule has 1 atom stereocenters. The molecule has 5 nitrogen and oxygen atoms in total. The highest BCUT2D eigenvalue weighted by Gasteiger charge is 2.34. The summed E-state index contributed by atoms with van der Waals surface area (Å²) >= 11 is 0. The van der Waals surface area contributed by atoms with Crippen molar-refractivity contribution in [2.45, 2.75) is 26.7 Å². The standard InChI is InChI=1S/C12H16O5/c1-3-16-8-5-6-9(10(13)7-8)11(14)12(15)17-4-2/h7,9H,3-6H2,1-2H3. The van der Waals surface area contributed by atoms with Gasteiger partial charge < -0.3 is 9.47 Å². The largest absolute Gasteiger partial charge is 0.498 e. The molecule has 1 aliphatic rings. The SMILES string of the molecule is CCOC(=O)C(=O)C1CCC(OCC)=CC1=O. The van der Waals surface area contributed by atoms with Crippen molar-refractivity contribution in [2.24, 2.45) is 5.92 Å². The van der Waals surface area contributed by atoms with Crippen LogP contribution in [0.3, 0.4) is 0 Å². The lowest BCUT2D eigenvalue weighted by atomic mass is 9.88. The van der Waals surface area contributed by atoms with Crippen LogP contribution in [-0.4, -0.2) is 30.7 Å². The third-order valence-corrected chi connectivity index (χ3v) is 2.45. The van der Waals surface area contributed by atoms with Crippen molar-refractivity contribution in [3.8, 4) is 0 Å². The predicted octanol–water partition coefficient (Wildman–Crippen LogP) is 1.02. The van der Waals surface area contributed by atoms with E-state index in [1.807, 2.05) is 6.92 Å². The number of ketones is 2. The van der Waals surface area contributed by atoms with Crippen molar-refractivity contribution in [3.63, 3.8) is 0 Å². The zero-order valence-electron chi connectivity index (χ0n) is 10.0. The molecule has 94 valence electrons. The van der Waals surface area contributed by atoms with E-state index in [0.29, 0.717) is 25.2 Å². The molecular weight excluding hydrogens is 224 g/mol. The summed E-state index contributed by atoms with van der Waals surface area (Å²) in [5.41, 5.74) is 0. The Hall–Kier alpha value is -1.65. The molecule has 0 saturated heterocycles. The minimum absolute atomic E-state index is 0.130. The van der Waals surface area contributed by atoms with Crippen LogP contribution in [-0.2, 0) is 23.9 Å². The van der Waals surface area contributed by atoms with E-state index in [0.717, 1.165) is 0 Å². The van der Waals surface area contributed by atoms with Crippen LogP contribution in [0.4, 0.5) is 0 Å². The van der Waals surface area contributed by atoms with Crippen LogP contribution in [0, 0.1) is 5.92 Å². The molecule has 1 unspecified atom stereocenters. The van der Waals surface area contributed by atoms with Gasteiger partial charge in [0.25, 0.3) is 5.78 Å². The number of rotatable bonds is 5. The van der Waals surface area contributed by atoms with Gasteiger partial charge in [-0.25, -0.2) is 4.79 Å². The summed E-state index contributed by atoms with van der Waals surface area (Å²) in [6.07, 6.45) is 2.10. The highest BCUT2D eigenvalue weighted by molar-refractivity contribution is 6.39. The first-order chi connectivity index (χ1) is 8.10. The Bertz CT molecular complexity index is 356. The Labute approximate surface area is 99.8 Å². The van der Waals surface area contributed by atoms with E-state index in [1.54, 1.807) is 6.92 Å². The zero-order valence-corrected chi connectivity index (χ0v) is 10.0. The number of carbonyl (C=O) groups is 3. The van der Waals surface area contributed by atoms with E-state index in [2.05, 4.69) is 4.74 Å². The van der Waals surface area contributed by atoms with Gasteiger partial charge in [0.05, 0.1) is 24.9 Å². The van der Waals surface area contributed by atoms with Crippen LogP contribution < -0.4 is 0 Å². The van der Waals surface area contributed by atoms with Gasteiger partial charge in [-0.3, -0.25) is 9.59 Å². The number of ether oxygens (including phenoxy) is 2. The van der Waals surface area contributed by atoms with Gasteiger partial charge in [-0.2, -0.15) is 0 Å². The molecule has 1 rings (SSSR count). The van der Waals surface area contributed by atoms with Gasteiger partial charge >= 0.3 is 5.97 Å². The molecule has 0 aromatic carbocycles. The van der Waals surface area contributed by atoms with E-state index in [4.69, 9.17) is 4.74 Å². The van der Waals surface area contributed by atoms with E-state index in [-0.39, 0.29) is 12.4 Å². The minimum Gasteiger partial charge on any atom is -0.498 e. The Balaban J connectivity index is 2.67. The maximum Gasteiger partial charge on any atom is 0.375 e. The van der Waals surface area contributed by atoms with E-state index in [1.165, 1.54) is 6.08 Å². The van der Waals surface area contributed by atoms with Crippen LogP contribution in [0.15, 0.2) is 11.8 Å². The fraction of sp³-hybridized carbons (Fsp3) is 0.583. The monoisotopic (exact) mass is 240 g/mol. The molecule has 0 heterocycles. The number of hydrogen-bond acceptors (Lipinski definition) is 5. The van der Waals surface area contributed by atoms with Gasteiger partial charge in [0, 0.05) is 12.5 Å². The summed E-state index contributed by atoms with van der Waals surface area (Å²) in [7, 11) is 0. The summed E-state index contributed by atoms with van der Waals surface area (Å²) < 4.78 is 9.79. The normalized spacial score (nSPS) is 19.5. The molecule has 0 N–H and O–H groups in total. The summed E-state index contributed by atoms with van der Waals surface area (Å²) in [6, 6.07) is 0. The maximum atomic E-state index is 11.6.